The van der Waals surface area contributed by atoms with Gasteiger partial charge in [0.15, 0.2) is 0 Å². The Morgan fingerprint density at radius 1 is 1.27 bits per heavy atom. The fourth-order valence-corrected chi connectivity index (χ4v) is 1.97. The van der Waals surface area contributed by atoms with Crippen molar-refractivity contribution in [1.82, 2.24) is 0 Å². The number of allylic oxidation sites excluding steroid dienone is 2. The Morgan fingerprint density at radius 2 is 1.93 bits per heavy atom. The summed E-state index contributed by atoms with van der Waals surface area (Å²) in [5.41, 5.74) is 2.43. The van der Waals surface area contributed by atoms with E-state index >= 15 is 0 Å². The van der Waals surface area contributed by atoms with E-state index in [9.17, 15) is 0 Å². The van der Waals surface area contributed by atoms with Crippen molar-refractivity contribution in [1.29, 1.82) is 0 Å². The molecule has 1 aromatic rings. The zero-order chi connectivity index (χ0) is 10.8. The van der Waals surface area contributed by atoms with Crippen LogP contribution in [0, 0.1) is 0 Å². The average molecular weight is 285 g/mol. The molecule has 0 saturated carbocycles. The third-order valence-electron chi connectivity index (χ3n) is 2.40. The second kappa shape index (κ2) is 4.42. The highest BCUT2D eigenvalue weighted by atomic mass is 79.9. The minimum absolute atomic E-state index is 0.769. The van der Waals surface area contributed by atoms with E-state index in [1.165, 1.54) is 5.57 Å². The lowest BCUT2D eigenvalue weighted by Crippen LogP contribution is -2.19. The molecular formula is C12H11BrClN. The predicted molar refractivity (Wildman–Crippen MR) is 69.6 cm³/mol. The molecule has 0 aliphatic carbocycles. The van der Waals surface area contributed by atoms with Crippen LogP contribution in [0.5, 0.6) is 0 Å². The van der Waals surface area contributed by atoms with E-state index in [1.54, 1.807) is 0 Å². The van der Waals surface area contributed by atoms with Gasteiger partial charge in [0.25, 0.3) is 0 Å². The summed E-state index contributed by atoms with van der Waals surface area (Å²) in [4.78, 5) is 2.17. The molecule has 0 bridgehead atoms. The Balaban J connectivity index is 2.24. The Bertz CT molecular complexity index is 420. The van der Waals surface area contributed by atoms with Crippen LogP contribution in [0.25, 0.3) is 0 Å². The van der Waals surface area contributed by atoms with Crippen LogP contribution in [0.2, 0.25) is 5.02 Å². The van der Waals surface area contributed by atoms with Crippen molar-refractivity contribution in [3.63, 3.8) is 0 Å². The first-order valence-electron chi connectivity index (χ1n) is 4.73. The van der Waals surface area contributed by atoms with Gasteiger partial charge in [0.2, 0.25) is 0 Å². The van der Waals surface area contributed by atoms with Crippen LogP contribution in [0.4, 0.5) is 5.69 Å². The monoisotopic (exact) mass is 283 g/mol. The Morgan fingerprint density at radius 3 is 2.53 bits per heavy atom. The largest absolute Gasteiger partial charge is 0.343 e. The van der Waals surface area contributed by atoms with Crippen molar-refractivity contribution < 1.29 is 0 Å². The molecule has 0 radical (unpaired) electrons. The number of hydrogen-bond acceptors (Lipinski definition) is 1. The molecular weight excluding hydrogens is 273 g/mol. The van der Waals surface area contributed by atoms with Crippen LogP contribution in [-0.2, 0) is 0 Å². The highest BCUT2D eigenvalue weighted by Gasteiger charge is 2.09. The average Bonchev–Trinajstić information content (AvgIpc) is 2.23. The van der Waals surface area contributed by atoms with E-state index in [0.29, 0.717) is 0 Å². The van der Waals surface area contributed by atoms with Gasteiger partial charge in [-0.2, -0.15) is 0 Å². The fraction of sp³-hybridized carbons (Fsp3) is 0.167. The van der Waals surface area contributed by atoms with Gasteiger partial charge in [-0.05, 0) is 52.7 Å². The molecule has 0 spiro atoms. The Kier molecular flexibility index (Phi) is 3.17. The van der Waals surface area contributed by atoms with Gasteiger partial charge in [-0.1, -0.05) is 17.7 Å². The molecule has 0 N–H and O–H groups in total. The molecule has 1 aromatic carbocycles. The van der Waals surface area contributed by atoms with Crippen molar-refractivity contribution in [2.24, 2.45) is 0 Å². The third kappa shape index (κ3) is 2.44. The lowest BCUT2D eigenvalue weighted by molar-refractivity contribution is 1.05. The summed E-state index contributed by atoms with van der Waals surface area (Å²) >= 11 is 9.38. The minimum Gasteiger partial charge on any atom is -0.343 e. The molecule has 15 heavy (non-hydrogen) atoms. The van der Waals surface area contributed by atoms with E-state index < -0.39 is 0 Å². The zero-order valence-electron chi connectivity index (χ0n) is 8.37. The predicted octanol–water partition coefficient (Wildman–Crippen LogP) is 4.34. The quantitative estimate of drug-likeness (QED) is 0.741. The summed E-state index contributed by atoms with van der Waals surface area (Å²) in [6.07, 6.45) is 4.29. The van der Waals surface area contributed by atoms with Crippen LogP contribution in [0.3, 0.4) is 0 Å². The maximum Gasteiger partial charge on any atom is 0.0412 e. The number of halogens is 2. The smallest absolute Gasteiger partial charge is 0.0412 e. The van der Waals surface area contributed by atoms with Crippen LogP contribution in [0.1, 0.15) is 6.92 Å². The number of benzene rings is 1. The van der Waals surface area contributed by atoms with Gasteiger partial charge in [-0.15, -0.1) is 0 Å². The van der Waals surface area contributed by atoms with Crippen molar-refractivity contribution in [2.75, 3.05) is 11.4 Å². The SMILES string of the molecule is CC1=CCN(c2ccc(Cl)cc2)C=C1Br. The topological polar surface area (TPSA) is 3.24 Å². The summed E-state index contributed by atoms with van der Waals surface area (Å²) in [5.74, 6) is 0. The zero-order valence-corrected chi connectivity index (χ0v) is 10.7. The van der Waals surface area contributed by atoms with Crippen molar-refractivity contribution in [3.8, 4) is 0 Å². The number of rotatable bonds is 1. The summed E-state index contributed by atoms with van der Waals surface area (Å²) in [6, 6.07) is 7.86. The molecule has 0 amide bonds. The van der Waals surface area contributed by atoms with Gasteiger partial charge in [-0.3, -0.25) is 0 Å². The molecule has 0 atom stereocenters. The molecule has 1 aliphatic heterocycles. The normalized spacial score (nSPS) is 16.1. The van der Waals surface area contributed by atoms with Gasteiger partial charge in [-0.25, -0.2) is 0 Å². The van der Waals surface area contributed by atoms with Crippen molar-refractivity contribution >= 4 is 33.2 Å². The number of nitrogens with zero attached hydrogens (tertiary/aromatic N) is 1. The first-order valence-corrected chi connectivity index (χ1v) is 5.90. The Hall–Kier alpha value is -0.730. The lowest BCUT2D eigenvalue weighted by atomic mass is 10.2. The lowest BCUT2D eigenvalue weighted by Gasteiger charge is -2.23. The first kappa shape index (κ1) is 10.8. The number of hydrogen-bond donors (Lipinski definition) is 0. The summed E-state index contributed by atoms with van der Waals surface area (Å²) in [7, 11) is 0. The third-order valence-corrected chi connectivity index (χ3v) is 3.48. The first-order chi connectivity index (χ1) is 7.16. The van der Waals surface area contributed by atoms with Crippen molar-refractivity contribution in [2.45, 2.75) is 6.92 Å². The van der Waals surface area contributed by atoms with Crippen LogP contribution in [0.15, 0.2) is 46.6 Å². The maximum absolute atomic E-state index is 5.85. The highest BCUT2D eigenvalue weighted by molar-refractivity contribution is 9.12. The van der Waals surface area contributed by atoms with E-state index in [4.69, 9.17) is 11.6 Å². The standard InChI is InChI=1S/C12H11BrClN/c1-9-6-7-15(8-12(9)13)11-4-2-10(14)3-5-11/h2-6,8H,7H2,1H3. The van der Waals surface area contributed by atoms with E-state index in [1.807, 2.05) is 24.3 Å². The summed E-state index contributed by atoms with van der Waals surface area (Å²) < 4.78 is 1.13. The van der Waals surface area contributed by atoms with E-state index in [0.717, 1.165) is 21.7 Å². The molecule has 0 unspecified atom stereocenters. The molecule has 1 nitrogen and oxygen atoms in total. The van der Waals surface area contributed by atoms with Crippen LogP contribution in [-0.4, -0.2) is 6.54 Å². The molecule has 3 heteroatoms. The minimum atomic E-state index is 0.769. The van der Waals surface area contributed by atoms with E-state index in [2.05, 4.69) is 40.0 Å². The van der Waals surface area contributed by atoms with Crippen molar-refractivity contribution in [3.05, 3.63) is 51.6 Å². The summed E-state index contributed by atoms with van der Waals surface area (Å²) in [5, 5.41) is 0.769. The van der Waals surface area contributed by atoms with Crippen LogP contribution < -0.4 is 4.90 Å². The van der Waals surface area contributed by atoms with Gasteiger partial charge >= 0.3 is 0 Å². The van der Waals surface area contributed by atoms with Gasteiger partial charge in [0.05, 0.1) is 0 Å². The Labute approximate surface area is 103 Å². The van der Waals surface area contributed by atoms with Gasteiger partial charge in [0.1, 0.15) is 0 Å². The fourth-order valence-electron chi connectivity index (χ4n) is 1.44. The molecule has 0 aromatic heterocycles. The molecule has 0 saturated heterocycles. The second-order valence-electron chi connectivity index (χ2n) is 3.49. The van der Waals surface area contributed by atoms with E-state index in [-0.39, 0.29) is 0 Å². The maximum atomic E-state index is 5.85. The molecule has 2 rings (SSSR count). The van der Waals surface area contributed by atoms with Gasteiger partial charge < -0.3 is 4.90 Å². The number of anilines is 1. The second-order valence-corrected chi connectivity index (χ2v) is 4.78. The highest BCUT2D eigenvalue weighted by Crippen LogP contribution is 2.26. The molecule has 1 aliphatic rings. The summed E-state index contributed by atoms with van der Waals surface area (Å²) in [6.45, 7) is 3.00. The van der Waals surface area contributed by atoms with Crippen LogP contribution >= 0.6 is 27.5 Å². The molecule has 78 valence electrons. The molecule has 1 heterocycles. The molecule has 0 fully saturated rings. The van der Waals surface area contributed by atoms with Gasteiger partial charge in [0, 0.05) is 27.9 Å².